The molecular formula is C13H28O3Si2. The predicted octanol–water partition coefficient (Wildman–Crippen LogP) is 3.73. The highest BCUT2D eigenvalue weighted by molar-refractivity contribution is 6.85. The van der Waals surface area contributed by atoms with Gasteiger partial charge in [-0.1, -0.05) is 27.4 Å². The van der Waals surface area contributed by atoms with E-state index < -0.39 is 16.6 Å². The summed E-state index contributed by atoms with van der Waals surface area (Å²) in [6.07, 6.45) is 1.62. The molecule has 0 aromatic rings. The largest absolute Gasteiger partial charge is 0.463 e. The van der Waals surface area contributed by atoms with Gasteiger partial charge in [0.05, 0.1) is 0 Å². The summed E-state index contributed by atoms with van der Waals surface area (Å²) in [6.45, 7) is 16.6. The van der Waals surface area contributed by atoms with Gasteiger partial charge in [0.1, 0.15) is 6.23 Å². The van der Waals surface area contributed by atoms with Crippen molar-refractivity contribution in [1.29, 1.82) is 0 Å². The van der Waals surface area contributed by atoms with Crippen molar-refractivity contribution in [2.75, 3.05) is 6.23 Å². The summed E-state index contributed by atoms with van der Waals surface area (Å²) < 4.78 is 11.6. The summed E-state index contributed by atoms with van der Waals surface area (Å²) in [5.41, 5.74) is 0. The average Bonchev–Trinajstić information content (AvgIpc) is 2.24. The molecule has 106 valence electrons. The summed E-state index contributed by atoms with van der Waals surface area (Å²) in [5.74, 6) is 0.296. The molecule has 0 saturated carbocycles. The first kappa shape index (κ1) is 17.6. The summed E-state index contributed by atoms with van der Waals surface area (Å²) in [4.78, 5) is 11.1. The SMILES string of the molecule is C=CC(=O)OC[Si](C)(C)O[Si](C)(CC)CC(C)C. The van der Waals surface area contributed by atoms with Crippen LogP contribution in [-0.2, 0) is 13.6 Å². The average molecular weight is 289 g/mol. The molecule has 5 heteroatoms. The van der Waals surface area contributed by atoms with Crippen molar-refractivity contribution in [3.05, 3.63) is 12.7 Å². The Kier molecular flexibility index (Phi) is 7.10. The Bertz CT molecular complexity index is 290. The maximum Gasteiger partial charge on any atom is 0.329 e. The molecule has 0 rings (SSSR count). The van der Waals surface area contributed by atoms with Gasteiger partial charge in [0.25, 0.3) is 0 Å². The lowest BCUT2D eigenvalue weighted by molar-refractivity contribution is -0.136. The standard InChI is InChI=1S/C13H28O3Si2/c1-8-13(14)15-11-17(5,6)16-18(7,9-2)10-12(3)4/h8,12H,1,9-11H2,2-7H3. The number of ether oxygens (including phenoxy) is 1. The minimum absolute atomic E-state index is 0.358. The Labute approximate surface area is 114 Å². The normalized spacial score (nSPS) is 15.3. The molecule has 0 fully saturated rings. The monoisotopic (exact) mass is 288 g/mol. The zero-order chi connectivity index (χ0) is 14.4. The van der Waals surface area contributed by atoms with Crippen molar-refractivity contribution in [3.63, 3.8) is 0 Å². The van der Waals surface area contributed by atoms with Crippen molar-refractivity contribution >= 4 is 22.6 Å². The lowest BCUT2D eigenvalue weighted by Gasteiger charge is -2.36. The maximum atomic E-state index is 11.1. The Balaban J connectivity index is 4.51. The molecule has 0 aromatic heterocycles. The molecule has 0 aromatic carbocycles. The molecule has 1 unspecified atom stereocenters. The number of carbonyl (C=O) groups is 1. The molecule has 0 radical (unpaired) electrons. The summed E-state index contributed by atoms with van der Waals surface area (Å²) >= 11 is 0. The van der Waals surface area contributed by atoms with Gasteiger partial charge in [0, 0.05) is 6.08 Å². The van der Waals surface area contributed by atoms with E-state index in [1.54, 1.807) is 0 Å². The maximum absolute atomic E-state index is 11.1. The molecule has 0 aliphatic carbocycles. The first-order valence-corrected chi connectivity index (χ1v) is 12.6. The Hall–Kier alpha value is -0.396. The molecule has 0 saturated heterocycles. The second kappa shape index (κ2) is 7.26. The Morgan fingerprint density at radius 2 is 1.89 bits per heavy atom. The van der Waals surface area contributed by atoms with Gasteiger partial charge < -0.3 is 8.85 Å². The lowest BCUT2D eigenvalue weighted by atomic mass is 10.3. The van der Waals surface area contributed by atoms with Crippen LogP contribution < -0.4 is 0 Å². The first-order valence-electron chi connectivity index (χ1n) is 6.63. The number of carbonyl (C=O) groups excluding carboxylic acids is 1. The zero-order valence-electron chi connectivity index (χ0n) is 12.7. The molecule has 0 spiro atoms. The van der Waals surface area contributed by atoms with Crippen LogP contribution in [0.5, 0.6) is 0 Å². The summed E-state index contributed by atoms with van der Waals surface area (Å²) in [7, 11) is -3.59. The Morgan fingerprint density at radius 1 is 1.33 bits per heavy atom. The van der Waals surface area contributed by atoms with Crippen LogP contribution in [0.3, 0.4) is 0 Å². The van der Waals surface area contributed by atoms with Gasteiger partial charge in [0.15, 0.2) is 8.32 Å². The van der Waals surface area contributed by atoms with Gasteiger partial charge in [-0.2, -0.15) is 0 Å². The lowest BCUT2D eigenvalue weighted by Crippen LogP contribution is -2.49. The van der Waals surface area contributed by atoms with E-state index in [-0.39, 0.29) is 5.97 Å². The van der Waals surface area contributed by atoms with Gasteiger partial charge in [-0.05, 0) is 37.6 Å². The molecule has 0 bridgehead atoms. The van der Waals surface area contributed by atoms with Crippen LogP contribution in [0.15, 0.2) is 12.7 Å². The fourth-order valence-corrected chi connectivity index (χ4v) is 11.1. The smallest absolute Gasteiger partial charge is 0.329 e. The van der Waals surface area contributed by atoms with Gasteiger partial charge in [0.2, 0.25) is 8.32 Å². The van der Waals surface area contributed by atoms with Gasteiger partial charge >= 0.3 is 5.97 Å². The van der Waals surface area contributed by atoms with E-state index in [0.29, 0.717) is 12.1 Å². The van der Waals surface area contributed by atoms with Crippen LogP contribution in [0, 0.1) is 5.92 Å². The van der Waals surface area contributed by atoms with Crippen LogP contribution in [0.1, 0.15) is 20.8 Å². The van der Waals surface area contributed by atoms with Crippen LogP contribution >= 0.6 is 0 Å². The van der Waals surface area contributed by atoms with Crippen LogP contribution in [0.25, 0.3) is 0 Å². The third-order valence-corrected chi connectivity index (χ3v) is 11.0. The van der Waals surface area contributed by atoms with Crippen molar-refractivity contribution in [2.24, 2.45) is 5.92 Å². The van der Waals surface area contributed by atoms with Gasteiger partial charge in [-0.3, -0.25) is 0 Å². The van der Waals surface area contributed by atoms with E-state index >= 15 is 0 Å². The van der Waals surface area contributed by atoms with Crippen LogP contribution in [-0.4, -0.2) is 28.8 Å². The number of rotatable bonds is 8. The third kappa shape index (κ3) is 7.13. The van der Waals surface area contributed by atoms with E-state index in [1.807, 2.05) is 0 Å². The fraction of sp³-hybridized carbons (Fsp3) is 0.769. The quantitative estimate of drug-likeness (QED) is 0.388. The molecule has 18 heavy (non-hydrogen) atoms. The van der Waals surface area contributed by atoms with Crippen molar-refractivity contribution in [2.45, 2.75) is 52.5 Å². The minimum atomic E-state index is -1.93. The zero-order valence-corrected chi connectivity index (χ0v) is 14.7. The highest BCUT2D eigenvalue weighted by atomic mass is 28.4. The van der Waals surface area contributed by atoms with E-state index in [4.69, 9.17) is 8.85 Å². The highest BCUT2D eigenvalue weighted by Crippen LogP contribution is 2.26. The third-order valence-electron chi connectivity index (χ3n) is 2.84. The van der Waals surface area contributed by atoms with Gasteiger partial charge in [-0.25, -0.2) is 4.79 Å². The number of hydrogen-bond acceptors (Lipinski definition) is 3. The van der Waals surface area contributed by atoms with E-state index in [0.717, 1.165) is 12.1 Å². The summed E-state index contributed by atoms with van der Waals surface area (Å²) in [6, 6.07) is 2.27. The van der Waals surface area contributed by atoms with E-state index in [2.05, 4.69) is 47.0 Å². The predicted molar refractivity (Wildman–Crippen MR) is 81.5 cm³/mol. The molecule has 3 nitrogen and oxygen atoms in total. The topological polar surface area (TPSA) is 35.5 Å². The molecular weight excluding hydrogens is 260 g/mol. The molecule has 0 aliphatic rings. The van der Waals surface area contributed by atoms with Crippen LogP contribution in [0.2, 0.25) is 31.7 Å². The first-order chi connectivity index (χ1) is 8.14. The molecule has 0 amide bonds. The van der Waals surface area contributed by atoms with E-state index in [1.165, 1.54) is 6.08 Å². The van der Waals surface area contributed by atoms with Crippen molar-refractivity contribution in [3.8, 4) is 0 Å². The second-order valence-corrected chi connectivity index (χ2v) is 14.7. The van der Waals surface area contributed by atoms with Crippen molar-refractivity contribution < 1.29 is 13.6 Å². The molecule has 0 heterocycles. The molecule has 0 N–H and O–H groups in total. The van der Waals surface area contributed by atoms with Crippen LogP contribution in [0.4, 0.5) is 0 Å². The second-order valence-electron chi connectivity index (χ2n) is 6.08. The highest BCUT2D eigenvalue weighted by Gasteiger charge is 2.36. The summed E-state index contributed by atoms with van der Waals surface area (Å²) in [5, 5.41) is 0. The Morgan fingerprint density at radius 3 is 2.28 bits per heavy atom. The van der Waals surface area contributed by atoms with E-state index in [9.17, 15) is 4.79 Å². The minimum Gasteiger partial charge on any atom is -0.463 e. The molecule has 0 aliphatic heterocycles. The number of esters is 1. The molecule has 1 atom stereocenters. The number of hydrogen-bond donors (Lipinski definition) is 0. The fourth-order valence-electron chi connectivity index (χ4n) is 2.12. The van der Waals surface area contributed by atoms with Crippen molar-refractivity contribution in [1.82, 2.24) is 0 Å². The van der Waals surface area contributed by atoms with Gasteiger partial charge in [-0.15, -0.1) is 0 Å².